The van der Waals surface area contributed by atoms with Crippen LogP contribution in [0.15, 0.2) is 30.4 Å². The summed E-state index contributed by atoms with van der Waals surface area (Å²) in [6.07, 6.45) is 5.30. The van der Waals surface area contributed by atoms with Crippen LogP contribution in [-0.4, -0.2) is 48.4 Å². The van der Waals surface area contributed by atoms with Crippen molar-refractivity contribution in [2.75, 3.05) is 27.2 Å². The van der Waals surface area contributed by atoms with Crippen LogP contribution < -0.4 is 0 Å². The average Bonchev–Trinajstić information content (AvgIpc) is 3.23. The van der Waals surface area contributed by atoms with Gasteiger partial charge in [0.1, 0.15) is 6.54 Å². The zero-order chi connectivity index (χ0) is 18.6. The van der Waals surface area contributed by atoms with Gasteiger partial charge in [-0.3, -0.25) is 14.5 Å². The van der Waals surface area contributed by atoms with Gasteiger partial charge in [0.2, 0.25) is 11.8 Å². The van der Waals surface area contributed by atoms with Gasteiger partial charge in [0.15, 0.2) is 0 Å². The lowest BCUT2D eigenvalue weighted by Gasteiger charge is -2.32. The number of nitrogens with zero attached hydrogens (tertiary/aromatic N) is 2. The molecular weight excluding hydrogens is 324 g/mol. The Bertz CT molecular complexity index is 765. The summed E-state index contributed by atoms with van der Waals surface area (Å²) in [5.74, 6) is 0.583. The number of hydrogen-bond acceptors (Lipinski definition) is 2. The number of carbonyl (C=O) groups is 2. The van der Waals surface area contributed by atoms with Crippen molar-refractivity contribution in [1.82, 2.24) is 4.90 Å². The predicted molar refractivity (Wildman–Crippen MR) is 101 cm³/mol. The first-order valence-corrected chi connectivity index (χ1v) is 9.68. The Morgan fingerprint density at radius 2 is 1.65 bits per heavy atom. The van der Waals surface area contributed by atoms with Crippen LogP contribution in [0.4, 0.5) is 0 Å². The number of likely N-dealkylation sites (tertiary alicyclic amines) is 1. The van der Waals surface area contributed by atoms with Crippen molar-refractivity contribution in [3.05, 3.63) is 47.0 Å². The molecule has 138 valence electrons. The smallest absolute Gasteiger partial charge is 0.233 e. The second-order valence-electron chi connectivity index (χ2n) is 9.08. The van der Waals surface area contributed by atoms with Gasteiger partial charge >= 0.3 is 0 Å². The molecule has 2 aliphatic carbocycles. The highest BCUT2D eigenvalue weighted by atomic mass is 16.2. The van der Waals surface area contributed by atoms with E-state index in [-0.39, 0.29) is 23.7 Å². The van der Waals surface area contributed by atoms with E-state index in [0.717, 1.165) is 24.0 Å². The highest BCUT2D eigenvalue weighted by molar-refractivity contribution is 6.06. The molecule has 3 aliphatic rings. The number of carbonyl (C=O) groups excluding carboxylic acids is 2. The zero-order valence-electron chi connectivity index (χ0n) is 16.2. The first-order valence-electron chi connectivity index (χ1n) is 9.68. The lowest BCUT2D eigenvalue weighted by Crippen LogP contribution is -2.46. The van der Waals surface area contributed by atoms with Gasteiger partial charge in [0.25, 0.3) is 0 Å². The van der Waals surface area contributed by atoms with Gasteiger partial charge in [0.05, 0.1) is 39.0 Å². The Morgan fingerprint density at radius 1 is 1.04 bits per heavy atom. The lowest BCUT2D eigenvalue weighted by atomic mass is 9.85. The van der Waals surface area contributed by atoms with E-state index >= 15 is 0 Å². The van der Waals surface area contributed by atoms with E-state index in [0.29, 0.717) is 18.4 Å². The molecule has 2 bridgehead atoms. The normalized spacial score (nSPS) is 29.8. The quantitative estimate of drug-likeness (QED) is 0.464. The average molecular weight is 353 g/mol. The third kappa shape index (κ3) is 2.81. The monoisotopic (exact) mass is 353 g/mol. The Morgan fingerprint density at radius 3 is 2.23 bits per heavy atom. The number of hydrogen-bond donors (Lipinski definition) is 0. The highest BCUT2D eigenvalue weighted by Crippen LogP contribution is 2.52. The van der Waals surface area contributed by atoms with Gasteiger partial charge in [-0.2, -0.15) is 0 Å². The molecule has 4 atom stereocenters. The molecule has 0 unspecified atom stereocenters. The number of amides is 2. The molecule has 4 heteroatoms. The summed E-state index contributed by atoms with van der Waals surface area (Å²) in [6.45, 7) is 6.48. The van der Waals surface area contributed by atoms with Gasteiger partial charge < -0.3 is 4.48 Å². The van der Waals surface area contributed by atoms with Crippen LogP contribution in [0.1, 0.15) is 23.1 Å². The summed E-state index contributed by atoms with van der Waals surface area (Å²) in [4.78, 5) is 27.2. The maximum Gasteiger partial charge on any atom is 0.233 e. The minimum atomic E-state index is -0.0764. The minimum absolute atomic E-state index is 0.0726. The summed E-state index contributed by atoms with van der Waals surface area (Å²) in [7, 11) is 4.35. The fourth-order valence-corrected chi connectivity index (χ4v) is 5.12. The van der Waals surface area contributed by atoms with E-state index in [1.807, 2.05) is 0 Å². The molecular formula is C22H29N2O2+. The van der Waals surface area contributed by atoms with Crippen molar-refractivity contribution in [3.63, 3.8) is 0 Å². The number of imide groups is 1. The van der Waals surface area contributed by atoms with Gasteiger partial charge in [-0.1, -0.05) is 35.9 Å². The van der Waals surface area contributed by atoms with Crippen LogP contribution >= 0.6 is 0 Å². The molecule has 2 amide bonds. The zero-order valence-corrected chi connectivity index (χ0v) is 16.2. The Kier molecular flexibility index (Phi) is 4.07. The van der Waals surface area contributed by atoms with Crippen LogP contribution in [0.25, 0.3) is 0 Å². The van der Waals surface area contributed by atoms with E-state index in [1.165, 1.54) is 16.7 Å². The lowest BCUT2D eigenvalue weighted by molar-refractivity contribution is -0.902. The topological polar surface area (TPSA) is 37.4 Å². The van der Waals surface area contributed by atoms with Crippen molar-refractivity contribution in [2.45, 2.75) is 26.8 Å². The minimum Gasteiger partial charge on any atom is -0.323 e. The largest absolute Gasteiger partial charge is 0.323 e. The molecule has 0 radical (unpaired) electrons. The maximum absolute atomic E-state index is 12.8. The Balaban J connectivity index is 1.42. The van der Waals surface area contributed by atoms with E-state index in [4.69, 9.17) is 0 Å². The standard InChI is InChI=1S/C22H29N2O2/c1-14-5-6-18(15(2)11-14)13-24(3,4)10-9-23-21(25)19-16-7-8-17(12-16)20(19)22(23)26/h5-8,11,16-17,19-20H,9-10,12-13H2,1-4H3/q+1/t16-,17-,19-,20+/m1/s1. The van der Waals surface area contributed by atoms with Gasteiger partial charge in [-0.15, -0.1) is 0 Å². The number of benzene rings is 1. The summed E-state index contributed by atoms with van der Waals surface area (Å²) in [5, 5.41) is 0. The van der Waals surface area contributed by atoms with E-state index in [9.17, 15) is 9.59 Å². The molecule has 1 aromatic carbocycles. The molecule has 1 heterocycles. The summed E-state index contributed by atoms with van der Waals surface area (Å²) in [6, 6.07) is 6.57. The first kappa shape index (κ1) is 17.5. The van der Waals surface area contributed by atoms with Gasteiger partial charge in [-0.25, -0.2) is 0 Å². The fraction of sp³-hybridized carbons (Fsp3) is 0.545. The summed E-state index contributed by atoms with van der Waals surface area (Å²) < 4.78 is 0.765. The Hall–Kier alpha value is -1.94. The molecule has 1 aromatic rings. The number of fused-ring (bicyclic) bond motifs is 5. The summed E-state index contributed by atoms with van der Waals surface area (Å²) >= 11 is 0. The molecule has 4 nitrogen and oxygen atoms in total. The van der Waals surface area contributed by atoms with Crippen LogP contribution in [0, 0.1) is 37.5 Å². The maximum atomic E-state index is 12.8. The third-order valence-electron chi connectivity index (χ3n) is 6.59. The molecule has 26 heavy (non-hydrogen) atoms. The van der Waals surface area contributed by atoms with Crippen molar-refractivity contribution < 1.29 is 14.1 Å². The first-order chi connectivity index (χ1) is 12.3. The molecule has 2 fully saturated rings. The molecule has 1 aliphatic heterocycles. The fourth-order valence-electron chi connectivity index (χ4n) is 5.12. The molecule has 1 saturated carbocycles. The Labute approximate surface area is 156 Å². The number of quaternary nitrogens is 1. The van der Waals surface area contributed by atoms with Crippen LogP contribution in [0.2, 0.25) is 0 Å². The molecule has 1 saturated heterocycles. The van der Waals surface area contributed by atoms with Crippen LogP contribution in [-0.2, 0) is 16.1 Å². The second kappa shape index (κ2) is 6.05. The molecule has 0 spiro atoms. The number of rotatable bonds is 5. The predicted octanol–water partition coefficient (Wildman–Crippen LogP) is 2.69. The van der Waals surface area contributed by atoms with Crippen LogP contribution in [0.5, 0.6) is 0 Å². The van der Waals surface area contributed by atoms with E-state index < -0.39 is 0 Å². The third-order valence-corrected chi connectivity index (χ3v) is 6.59. The van der Waals surface area contributed by atoms with Gasteiger partial charge in [0, 0.05) is 5.56 Å². The molecule has 0 aromatic heterocycles. The summed E-state index contributed by atoms with van der Waals surface area (Å²) in [5.41, 5.74) is 3.92. The number of aryl methyl sites for hydroxylation is 2. The molecule has 0 N–H and O–H groups in total. The second-order valence-corrected chi connectivity index (χ2v) is 9.08. The van der Waals surface area contributed by atoms with Crippen molar-refractivity contribution in [2.24, 2.45) is 23.7 Å². The van der Waals surface area contributed by atoms with Crippen molar-refractivity contribution in [1.29, 1.82) is 0 Å². The number of likely N-dealkylation sites (N-methyl/N-ethyl adjacent to an activating group) is 1. The van der Waals surface area contributed by atoms with E-state index in [1.54, 1.807) is 4.90 Å². The van der Waals surface area contributed by atoms with E-state index in [2.05, 4.69) is 58.3 Å². The highest BCUT2D eigenvalue weighted by Gasteiger charge is 2.59. The SMILES string of the molecule is Cc1ccc(C[N+](C)(C)CCN2C(=O)[C@@H]3[C@H](C2=O)[C@@H]2C=C[C@@H]3C2)c(C)c1. The van der Waals surface area contributed by atoms with Gasteiger partial charge in [-0.05, 0) is 37.7 Å². The van der Waals surface area contributed by atoms with Crippen LogP contribution in [0.3, 0.4) is 0 Å². The molecule has 4 rings (SSSR count). The van der Waals surface area contributed by atoms with Crippen molar-refractivity contribution in [3.8, 4) is 0 Å². The number of allylic oxidation sites excluding steroid dienone is 2. The van der Waals surface area contributed by atoms with Crippen molar-refractivity contribution >= 4 is 11.8 Å².